The van der Waals surface area contributed by atoms with Crippen molar-refractivity contribution in [1.82, 2.24) is 0 Å². The van der Waals surface area contributed by atoms with Crippen molar-refractivity contribution in [2.75, 3.05) is 14.2 Å². The normalized spacial score (nSPS) is 12.2. The van der Waals surface area contributed by atoms with Crippen molar-refractivity contribution in [2.45, 2.75) is 19.1 Å². The van der Waals surface area contributed by atoms with Gasteiger partial charge in [0, 0.05) is 13.2 Å². The van der Waals surface area contributed by atoms with Gasteiger partial charge in [-0.3, -0.25) is 4.79 Å². The minimum Gasteiger partial charge on any atom is -0.497 e. The number of rotatable bonds is 6. The number of nitrogens with two attached hydrogens (primary N) is 1. The lowest BCUT2D eigenvalue weighted by Gasteiger charge is -2.15. The highest BCUT2D eigenvalue weighted by molar-refractivity contribution is 5.68. The van der Waals surface area contributed by atoms with Crippen LogP contribution in [-0.2, 0) is 16.1 Å². The fourth-order valence-electron chi connectivity index (χ4n) is 1.63. The van der Waals surface area contributed by atoms with E-state index in [0.29, 0.717) is 12.4 Å². The van der Waals surface area contributed by atoms with Crippen LogP contribution in [0.1, 0.15) is 23.6 Å². The molecule has 1 aromatic carbocycles. The van der Waals surface area contributed by atoms with Crippen LogP contribution < -0.4 is 10.5 Å². The van der Waals surface area contributed by atoms with Gasteiger partial charge in [-0.2, -0.15) is 0 Å². The van der Waals surface area contributed by atoms with Crippen LogP contribution in [0.3, 0.4) is 0 Å². The Morgan fingerprint density at radius 1 is 1.47 bits per heavy atom. The second-order valence-corrected chi connectivity index (χ2v) is 3.70. The molecule has 1 atom stereocenters. The molecule has 0 radical (unpaired) electrons. The van der Waals surface area contributed by atoms with E-state index < -0.39 is 12.0 Å². The molecule has 3 N–H and O–H groups in total. The Labute approximate surface area is 100 Å². The number of hydrogen-bond acceptors (Lipinski definition) is 4. The largest absolute Gasteiger partial charge is 0.497 e. The van der Waals surface area contributed by atoms with E-state index >= 15 is 0 Å². The summed E-state index contributed by atoms with van der Waals surface area (Å²) in [5.74, 6) is -0.274. The van der Waals surface area contributed by atoms with Crippen LogP contribution in [0, 0.1) is 0 Å². The van der Waals surface area contributed by atoms with Crippen molar-refractivity contribution in [3.8, 4) is 5.75 Å². The van der Waals surface area contributed by atoms with Gasteiger partial charge in [-0.25, -0.2) is 0 Å². The Kier molecular flexibility index (Phi) is 4.93. The molecule has 5 nitrogen and oxygen atoms in total. The Bertz CT molecular complexity index is 392. The van der Waals surface area contributed by atoms with E-state index in [1.807, 2.05) is 6.07 Å². The highest BCUT2D eigenvalue weighted by Gasteiger charge is 2.15. The summed E-state index contributed by atoms with van der Waals surface area (Å²) in [4.78, 5) is 10.7. The lowest BCUT2D eigenvalue weighted by Crippen LogP contribution is -2.17. The number of carbonyl (C=O) groups is 1. The van der Waals surface area contributed by atoms with Gasteiger partial charge in [0.2, 0.25) is 0 Å². The minimum atomic E-state index is -0.927. The molecule has 17 heavy (non-hydrogen) atoms. The van der Waals surface area contributed by atoms with E-state index in [4.69, 9.17) is 20.3 Å². The number of ether oxygens (including phenoxy) is 2. The van der Waals surface area contributed by atoms with Gasteiger partial charge in [0.15, 0.2) is 0 Å². The van der Waals surface area contributed by atoms with E-state index in [-0.39, 0.29) is 6.42 Å². The summed E-state index contributed by atoms with van der Waals surface area (Å²) in [5.41, 5.74) is 7.48. The molecule has 0 aliphatic heterocycles. The first-order chi connectivity index (χ1) is 8.08. The molecule has 0 saturated heterocycles. The van der Waals surface area contributed by atoms with Gasteiger partial charge in [-0.05, 0) is 23.3 Å². The topological polar surface area (TPSA) is 81.8 Å². The molecule has 94 valence electrons. The fourth-order valence-corrected chi connectivity index (χ4v) is 1.63. The summed E-state index contributed by atoms with van der Waals surface area (Å²) < 4.78 is 10.2. The van der Waals surface area contributed by atoms with Crippen LogP contribution in [0.2, 0.25) is 0 Å². The average Bonchev–Trinajstić information content (AvgIpc) is 2.29. The number of carboxylic acid groups (broad SMARTS) is 1. The molecule has 0 heterocycles. The second-order valence-electron chi connectivity index (χ2n) is 3.70. The average molecular weight is 239 g/mol. The second kappa shape index (κ2) is 6.22. The SMILES string of the molecule is COCc1ccc(OC)cc1C(N)CC(=O)O. The summed E-state index contributed by atoms with van der Waals surface area (Å²) in [7, 11) is 3.13. The Balaban J connectivity index is 3.02. The van der Waals surface area contributed by atoms with Crippen LogP contribution in [-0.4, -0.2) is 25.3 Å². The van der Waals surface area contributed by atoms with Crippen LogP contribution in [0.4, 0.5) is 0 Å². The van der Waals surface area contributed by atoms with Crippen molar-refractivity contribution < 1.29 is 19.4 Å². The third kappa shape index (κ3) is 3.72. The molecule has 0 spiro atoms. The fraction of sp³-hybridized carbons (Fsp3) is 0.417. The van der Waals surface area contributed by atoms with E-state index in [1.54, 1.807) is 26.4 Å². The zero-order valence-corrected chi connectivity index (χ0v) is 9.97. The van der Waals surface area contributed by atoms with Gasteiger partial charge in [0.25, 0.3) is 0 Å². The monoisotopic (exact) mass is 239 g/mol. The minimum absolute atomic E-state index is 0.121. The van der Waals surface area contributed by atoms with Gasteiger partial charge in [0.05, 0.1) is 20.1 Å². The maximum absolute atomic E-state index is 10.7. The van der Waals surface area contributed by atoms with Crippen molar-refractivity contribution in [3.63, 3.8) is 0 Å². The predicted molar refractivity (Wildman–Crippen MR) is 62.9 cm³/mol. The number of hydrogen-bond donors (Lipinski definition) is 2. The van der Waals surface area contributed by atoms with Crippen LogP contribution in [0.25, 0.3) is 0 Å². The quantitative estimate of drug-likeness (QED) is 0.782. The molecule has 1 aromatic rings. The molecule has 0 bridgehead atoms. The van der Waals surface area contributed by atoms with Crippen LogP contribution in [0.5, 0.6) is 5.75 Å². The maximum atomic E-state index is 10.7. The molecule has 5 heteroatoms. The van der Waals surface area contributed by atoms with Gasteiger partial charge in [-0.1, -0.05) is 6.07 Å². The highest BCUT2D eigenvalue weighted by atomic mass is 16.5. The first kappa shape index (κ1) is 13.5. The standard InChI is InChI=1S/C12H17NO4/c1-16-7-8-3-4-9(17-2)5-10(8)11(13)6-12(14)15/h3-5,11H,6-7,13H2,1-2H3,(H,14,15). The number of benzene rings is 1. The number of aliphatic carboxylic acids is 1. The highest BCUT2D eigenvalue weighted by Crippen LogP contribution is 2.24. The summed E-state index contributed by atoms with van der Waals surface area (Å²) in [5, 5.41) is 8.75. The lowest BCUT2D eigenvalue weighted by atomic mass is 9.98. The van der Waals surface area contributed by atoms with Crippen molar-refractivity contribution in [1.29, 1.82) is 0 Å². The zero-order chi connectivity index (χ0) is 12.8. The van der Waals surface area contributed by atoms with Crippen molar-refractivity contribution in [2.24, 2.45) is 5.73 Å². The third-order valence-corrected chi connectivity index (χ3v) is 2.45. The molecule has 0 aromatic heterocycles. The summed E-state index contributed by atoms with van der Waals surface area (Å²) in [6.07, 6.45) is -0.121. The van der Waals surface area contributed by atoms with Crippen LogP contribution >= 0.6 is 0 Å². The number of methoxy groups -OCH3 is 2. The first-order valence-electron chi connectivity index (χ1n) is 5.21. The first-order valence-corrected chi connectivity index (χ1v) is 5.21. The molecule has 0 saturated carbocycles. The molecular formula is C12H17NO4. The predicted octanol–water partition coefficient (Wildman–Crippen LogP) is 1.32. The maximum Gasteiger partial charge on any atom is 0.305 e. The van der Waals surface area contributed by atoms with Gasteiger partial charge in [0.1, 0.15) is 5.75 Å². The Morgan fingerprint density at radius 3 is 2.71 bits per heavy atom. The molecule has 0 amide bonds. The van der Waals surface area contributed by atoms with Gasteiger partial charge >= 0.3 is 5.97 Å². The summed E-state index contributed by atoms with van der Waals surface area (Å²) >= 11 is 0. The van der Waals surface area contributed by atoms with E-state index in [2.05, 4.69) is 0 Å². The summed E-state index contributed by atoms with van der Waals surface area (Å²) in [6.45, 7) is 0.395. The zero-order valence-electron chi connectivity index (χ0n) is 9.97. The van der Waals surface area contributed by atoms with Crippen molar-refractivity contribution in [3.05, 3.63) is 29.3 Å². The van der Waals surface area contributed by atoms with E-state index in [0.717, 1.165) is 11.1 Å². The number of carboxylic acids is 1. The molecule has 1 rings (SSSR count). The molecule has 0 aliphatic rings. The molecular weight excluding hydrogens is 222 g/mol. The lowest BCUT2D eigenvalue weighted by molar-refractivity contribution is -0.137. The van der Waals surface area contributed by atoms with Gasteiger partial charge in [-0.15, -0.1) is 0 Å². The Hall–Kier alpha value is -1.59. The summed E-state index contributed by atoms with van der Waals surface area (Å²) in [6, 6.07) is 4.82. The molecule has 1 unspecified atom stereocenters. The smallest absolute Gasteiger partial charge is 0.305 e. The molecule has 0 fully saturated rings. The van der Waals surface area contributed by atoms with Crippen LogP contribution in [0.15, 0.2) is 18.2 Å². The van der Waals surface area contributed by atoms with Crippen molar-refractivity contribution >= 4 is 5.97 Å². The van der Waals surface area contributed by atoms with Gasteiger partial charge < -0.3 is 20.3 Å². The Morgan fingerprint density at radius 2 is 2.18 bits per heavy atom. The molecule has 0 aliphatic carbocycles. The van der Waals surface area contributed by atoms with E-state index in [9.17, 15) is 4.79 Å². The third-order valence-electron chi connectivity index (χ3n) is 2.45. The van der Waals surface area contributed by atoms with E-state index in [1.165, 1.54) is 0 Å².